The lowest BCUT2D eigenvalue weighted by atomic mass is 10.0. The molecule has 1 aromatic carbocycles. The summed E-state index contributed by atoms with van der Waals surface area (Å²) in [5, 5.41) is 10.1. The summed E-state index contributed by atoms with van der Waals surface area (Å²) in [6.07, 6.45) is -1.20. The summed E-state index contributed by atoms with van der Waals surface area (Å²) in [5.74, 6) is -0.683. The number of rotatable bonds is 2. The minimum atomic E-state index is -1.20. The molecule has 1 atom stereocenters. The predicted octanol–water partition coefficient (Wildman–Crippen LogP) is 5.69. The second-order valence-electron chi connectivity index (χ2n) is 3.45. The van der Waals surface area contributed by atoms with Crippen LogP contribution < -0.4 is 0 Å². The molecule has 0 amide bonds. The standard InChI is InChI=1S/C11H5BrCl3FOS/c12-6-2-1-4(9(16)8(6)14)10(17)5-3-7(13)18-11(5)15/h1-3,10,17H. The van der Waals surface area contributed by atoms with Crippen LogP contribution in [0.2, 0.25) is 13.7 Å². The normalized spacial score (nSPS) is 12.8. The third-order valence-electron chi connectivity index (χ3n) is 2.34. The first kappa shape index (κ1) is 14.6. The van der Waals surface area contributed by atoms with E-state index in [4.69, 9.17) is 34.8 Å². The van der Waals surface area contributed by atoms with E-state index in [2.05, 4.69) is 15.9 Å². The van der Waals surface area contributed by atoms with Crippen LogP contribution in [-0.4, -0.2) is 5.11 Å². The molecule has 0 bridgehead atoms. The van der Waals surface area contributed by atoms with E-state index in [1.807, 2.05) is 0 Å². The van der Waals surface area contributed by atoms with E-state index in [9.17, 15) is 9.50 Å². The molecular formula is C11H5BrCl3FOS. The fraction of sp³-hybridized carbons (Fsp3) is 0.0909. The van der Waals surface area contributed by atoms with Gasteiger partial charge in [-0.1, -0.05) is 40.9 Å². The first-order chi connectivity index (χ1) is 8.41. The molecule has 0 radical (unpaired) electrons. The van der Waals surface area contributed by atoms with E-state index >= 15 is 0 Å². The molecule has 96 valence electrons. The van der Waals surface area contributed by atoms with E-state index in [0.29, 0.717) is 18.7 Å². The Bertz CT molecular complexity index is 602. The minimum Gasteiger partial charge on any atom is -0.383 e. The van der Waals surface area contributed by atoms with Crippen molar-refractivity contribution in [1.82, 2.24) is 0 Å². The van der Waals surface area contributed by atoms with Crippen molar-refractivity contribution < 1.29 is 9.50 Å². The average molecular weight is 390 g/mol. The highest BCUT2D eigenvalue weighted by Crippen LogP contribution is 2.39. The molecule has 0 aliphatic carbocycles. The van der Waals surface area contributed by atoms with Gasteiger partial charge in [0.2, 0.25) is 0 Å². The molecule has 1 unspecified atom stereocenters. The van der Waals surface area contributed by atoms with Crippen molar-refractivity contribution >= 4 is 62.1 Å². The van der Waals surface area contributed by atoms with Gasteiger partial charge in [-0.25, -0.2) is 4.39 Å². The fourth-order valence-electron chi connectivity index (χ4n) is 1.46. The monoisotopic (exact) mass is 388 g/mol. The van der Waals surface area contributed by atoms with Crippen molar-refractivity contribution in [2.45, 2.75) is 6.10 Å². The first-order valence-corrected chi connectivity index (χ1v) is 7.42. The van der Waals surface area contributed by atoms with E-state index in [0.717, 1.165) is 11.3 Å². The Kier molecular flexibility index (Phi) is 4.57. The zero-order valence-corrected chi connectivity index (χ0v) is 13.2. The van der Waals surface area contributed by atoms with Crippen molar-refractivity contribution in [3.63, 3.8) is 0 Å². The Morgan fingerprint density at radius 1 is 1.22 bits per heavy atom. The van der Waals surface area contributed by atoms with E-state index < -0.39 is 11.9 Å². The zero-order valence-electron chi connectivity index (χ0n) is 8.55. The molecule has 7 heteroatoms. The third-order valence-corrected chi connectivity index (χ3v) is 5.11. The summed E-state index contributed by atoms with van der Waals surface area (Å²) in [6.45, 7) is 0. The Morgan fingerprint density at radius 3 is 2.44 bits per heavy atom. The van der Waals surface area contributed by atoms with Gasteiger partial charge in [0.15, 0.2) is 0 Å². The van der Waals surface area contributed by atoms with Crippen LogP contribution in [0.25, 0.3) is 0 Å². The number of hydrogen-bond donors (Lipinski definition) is 1. The van der Waals surface area contributed by atoms with Gasteiger partial charge >= 0.3 is 0 Å². The van der Waals surface area contributed by atoms with Gasteiger partial charge in [-0.3, -0.25) is 0 Å². The van der Waals surface area contributed by atoms with Gasteiger partial charge in [0.1, 0.15) is 16.3 Å². The van der Waals surface area contributed by atoms with Crippen molar-refractivity contribution in [3.8, 4) is 0 Å². The summed E-state index contributed by atoms with van der Waals surface area (Å²) < 4.78 is 15.1. The molecule has 1 nitrogen and oxygen atoms in total. The van der Waals surface area contributed by atoms with Crippen LogP contribution in [0, 0.1) is 5.82 Å². The highest BCUT2D eigenvalue weighted by atomic mass is 79.9. The van der Waals surface area contributed by atoms with Gasteiger partial charge in [-0.05, 0) is 28.1 Å². The smallest absolute Gasteiger partial charge is 0.149 e. The highest BCUT2D eigenvalue weighted by Gasteiger charge is 2.22. The molecule has 0 spiro atoms. The largest absolute Gasteiger partial charge is 0.383 e. The number of aliphatic hydroxyl groups excluding tert-OH is 1. The topological polar surface area (TPSA) is 20.2 Å². The van der Waals surface area contributed by atoms with Crippen LogP contribution in [0.3, 0.4) is 0 Å². The minimum absolute atomic E-state index is 0.0552. The summed E-state index contributed by atoms with van der Waals surface area (Å²) in [5.41, 5.74) is 0.420. The fourth-order valence-corrected chi connectivity index (χ4v) is 3.46. The summed E-state index contributed by atoms with van der Waals surface area (Å²) >= 11 is 21.7. The lowest BCUT2D eigenvalue weighted by Gasteiger charge is -2.12. The number of thiophene rings is 1. The molecule has 0 saturated carbocycles. The zero-order chi connectivity index (χ0) is 13.4. The van der Waals surface area contributed by atoms with Crippen LogP contribution in [0.1, 0.15) is 17.2 Å². The Labute approximate surface area is 130 Å². The number of halogens is 5. The molecule has 1 aromatic heterocycles. The van der Waals surface area contributed by atoms with Gasteiger partial charge in [0.25, 0.3) is 0 Å². The molecular weight excluding hydrogens is 385 g/mol. The Morgan fingerprint density at radius 2 is 1.89 bits per heavy atom. The number of aliphatic hydroxyl groups is 1. The molecule has 0 fully saturated rings. The molecule has 0 saturated heterocycles. The van der Waals surface area contributed by atoms with E-state index in [1.165, 1.54) is 12.1 Å². The van der Waals surface area contributed by atoms with Crippen LogP contribution >= 0.6 is 62.1 Å². The predicted molar refractivity (Wildman–Crippen MR) is 77.5 cm³/mol. The van der Waals surface area contributed by atoms with Crippen molar-refractivity contribution in [2.75, 3.05) is 0 Å². The highest BCUT2D eigenvalue weighted by molar-refractivity contribution is 9.10. The van der Waals surface area contributed by atoms with Crippen molar-refractivity contribution in [2.24, 2.45) is 0 Å². The molecule has 18 heavy (non-hydrogen) atoms. The van der Waals surface area contributed by atoms with Gasteiger partial charge in [0.05, 0.1) is 9.36 Å². The van der Waals surface area contributed by atoms with E-state index in [1.54, 1.807) is 6.07 Å². The molecule has 2 rings (SSSR count). The number of hydrogen-bond acceptors (Lipinski definition) is 2. The van der Waals surface area contributed by atoms with Gasteiger partial charge in [0, 0.05) is 15.6 Å². The maximum Gasteiger partial charge on any atom is 0.149 e. The molecule has 0 aliphatic rings. The van der Waals surface area contributed by atoms with Crippen LogP contribution in [0.4, 0.5) is 4.39 Å². The third kappa shape index (κ3) is 2.69. The molecule has 0 aliphatic heterocycles. The Balaban J connectivity index is 2.49. The summed E-state index contributed by atoms with van der Waals surface area (Å²) in [6, 6.07) is 4.51. The summed E-state index contributed by atoms with van der Waals surface area (Å²) in [4.78, 5) is 0. The summed E-state index contributed by atoms with van der Waals surface area (Å²) in [7, 11) is 0. The van der Waals surface area contributed by atoms with Crippen LogP contribution in [-0.2, 0) is 0 Å². The Hall–Kier alpha value is 0.160. The van der Waals surface area contributed by atoms with Gasteiger partial charge < -0.3 is 5.11 Å². The number of benzene rings is 1. The lowest BCUT2D eigenvalue weighted by molar-refractivity contribution is 0.215. The second-order valence-corrected chi connectivity index (χ2v) is 6.96. The van der Waals surface area contributed by atoms with Crippen LogP contribution in [0.5, 0.6) is 0 Å². The van der Waals surface area contributed by atoms with Crippen LogP contribution in [0.15, 0.2) is 22.7 Å². The molecule has 2 aromatic rings. The van der Waals surface area contributed by atoms with Crippen molar-refractivity contribution in [3.05, 3.63) is 53.3 Å². The first-order valence-electron chi connectivity index (χ1n) is 4.68. The molecule has 1 N–H and O–H groups in total. The average Bonchev–Trinajstić information content (AvgIpc) is 2.65. The SMILES string of the molecule is OC(c1cc(Cl)sc1Cl)c1ccc(Br)c(Cl)c1F. The lowest BCUT2D eigenvalue weighted by Crippen LogP contribution is -2.02. The van der Waals surface area contributed by atoms with Crippen molar-refractivity contribution in [1.29, 1.82) is 0 Å². The maximum absolute atomic E-state index is 13.9. The maximum atomic E-state index is 13.9. The molecule has 1 heterocycles. The quantitative estimate of drug-likeness (QED) is 0.653. The van der Waals surface area contributed by atoms with E-state index in [-0.39, 0.29) is 10.6 Å². The second kappa shape index (κ2) is 5.65. The van der Waals surface area contributed by atoms with Gasteiger partial charge in [-0.2, -0.15) is 0 Å². The van der Waals surface area contributed by atoms with Gasteiger partial charge in [-0.15, -0.1) is 11.3 Å².